The predicted octanol–water partition coefficient (Wildman–Crippen LogP) is 4.95. The normalized spacial score (nSPS) is 10.9. The minimum Gasteiger partial charge on any atom is -0.471 e. The predicted molar refractivity (Wildman–Crippen MR) is 111 cm³/mol. The lowest BCUT2D eigenvalue weighted by Gasteiger charge is -2.09. The molecule has 2 heterocycles. The maximum Gasteiger partial charge on any atom is 0.245 e. The van der Waals surface area contributed by atoms with Gasteiger partial charge in [-0.3, -0.25) is 4.57 Å². The summed E-state index contributed by atoms with van der Waals surface area (Å²) in [5.74, 6) is 1.25. The van der Waals surface area contributed by atoms with Gasteiger partial charge in [-0.05, 0) is 24.1 Å². The first-order valence-corrected chi connectivity index (χ1v) is 9.55. The topological polar surface area (TPSA) is 64.9 Å². The molecule has 0 aliphatic heterocycles. The van der Waals surface area contributed by atoms with Crippen LogP contribution in [-0.4, -0.2) is 19.5 Å². The SMILES string of the molecule is CCCCn1c(Nc2ccccc2)nc2c(OCc3ccccc3)ncnc21. The number of nitrogens with one attached hydrogen (secondary N) is 1. The zero-order valence-corrected chi connectivity index (χ0v) is 15.9. The number of aromatic nitrogens is 4. The molecule has 2 aromatic heterocycles. The number of imidazole rings is 1. The summed E-state index contributed by atoms with van der Waals surface area (Å²) in [7, 11) is 0. The van der Waals surface area contributed by atoms with Crippen LogP contribution in [0.2, 0.25) is 0 Å². The highest BCUT2D eigenvalue weighted by atomic mass is 16.5. The van der Waals surface area contributed by atoms with E-state index in [0.717, 1.165) is 42.2 Å². The third-order valence-electron chi connectivity index (χ3n) is 4.48. The Balaban J connectivity index is 1.68. The van der Waals surface area contributed by atoms with Gasteiger partial charge >= 0.3 is 0 Å². The van der Waals surface area contributed by atoms with Crippen LogP contribution in [0, 0.1) is 0 Å². The number of ether oxygens (including phenoxy) is 1. The number of anilines is 2. The lowest BCUT2D eigenvalue weighted by molar-refractivity contribution is 0.297. The Kier molecular flexibility index (Phi) is 5.47. The van der Waals surface area contributed by atoms with E-state index in [4.69, 9.17) is 9.72 Å². The van der Waals surface area contributed by atoms with Gasteiger partial charge in [-0.15, -0.1) is 0 Å². The molecule has 0 aliphatic carbocycles. The van der Waals surface area contributed by atoms with Crippen LogP contribution in [0.15, 0.2) is 67.0 Å². The molecule has 0 saturated heterocycles. The average molecular weight is 373 g/mol. The molecule has 0 aliphatic rings. The van der Waals surface area contributed by atoms with Crippen LogP contribution in [0.25, 0.3) is 11.2 Å². The summed E-state index contributed by atoms with van der Waals surface area (Å²) in [5, 5.41) is 3.40. The Hall–Kier alpha value is -3.41. The van der Waals surface area contributed by atoms with Crippen molar-refractivity contribution in [3.05, 3.63) is 72.6 Å². The van der Waals surface area contributed by atoms with Crippen LogP contribution in [0.5, 0.6) is 5.88 Å². The maximum atomic E-state index is 5.97. The van der Waals surface area contributed by atoms with Crippen molar-refractivity contribution in [1.82, 2.24) is 19.5 Å². The Labute approximate surface area is 164 Å². The molecule has 6 heteroatoms. The van der Waals surface area contributed by atoms with Gasteiger partial charge in [0.05, 0.1) is 0 Å². The Bertz CT molecular complexity index is 1030. The van der Waals surface area contributed by atoms with Crippen molar-refractivity contribution in [2.24, 2.45) is 0 Å². The van der Waals surface area contributed by atoms with E-state index in [1.807, 2.05) is 60.7 Å². The first kappa shape index (κ1) is 18.0. The molecule has 142 valence electrons. The summed E-state index contributed by atoms with van der Waals surface area (Å²) in [6.45, 7) is 3.44. The molecule has 0 saturated carbocycles. The highest BCUT2D eigenvalue weighted by Gasteiger charge is 2.17. The highest BCUT2D eigenvalue weighted by molar-refractivity contribution is 5.80. The fourth-order valence-corrected chi connectivity index (χ4v) is 3.02. The van der Waals surface area contributed by atoms with Gasteiger partial charge in [0, 0.05) is 12.2 Å². The summed E-state index contributed by atoms with van der Waals surface area (Å²) < 4.78 is 8.07. The average Bonchev–Trinajstić information content (AvgIpc) is 3.09. The summed E-state index contributed by atoms with van der Waals surface area (Å²) in [6.07, 6.45) is 3.67. The number of benzene rings is 2. The number of nitrogens with zero attached hydrogens (tertiary/aromatic N) is 4. The van der Waals surface area contributed by atoms with Crippen molar-refractivity contribution in [2.75, 3.05) is 5.32 Å². The molecule has 2 aromatic carbocycles. The van der Waals surface area contributed by atoms with E-state index >= 15 is 0 Å². The quantitative estimate of drug-likeness (QED) is 0.473. The summed E-state index contributed by atoms with van der Waals surface area (Å²) >= 11 is 0. The fraction of sp³-hybridized carbons (Fsp3) is 0.227. The molecule has 0 amide bonds. The molecule has 28 heavy (non-hydrogen) atoms. The molecule has 0 unspecified atom stereocenters. The minimum absolute atomic E-state index is 0.441. The number of fused-ring (bicyclic) bond motifs is 1. The van der Waals surface area contributed by atoms with Crippen molar-refractivity contribution >= 4 is 22.8 Å². The molecule has 0 bridgehead atoms. The van der Waals surface area contributed by atoms with Gasteiger partial charge in [0.1, 0.15) is 12.9 Å². The maximum absolute atomic E-state index is 5.97. The van der Waals surface area contributed by atoms with E-state index in [1.54, 1.807) is 6.33 Å². The van der Waals surface area contributed by atoms with E-state index in [0.29, 0.717) is 18.0 Å². The molecule has 0 atom stereocenters. The van der Waals surface area contributed by atoms with Gasteiger partial charge in [0.2, 0.25) is 11.8 Å². The van der Waals surface area contributed by atoms with Crippen LogP contribution in [0.1, 0.15) is 25.3 Å². The van der Waals surface area contributed by atoms with Gasteiger partial charge < -0.3 is 10.1 Å². The molecule has 0 spiro atoms. The van der Waals surface area contributed by atoms with Crippen molar-refractivity contribution in [3.63, 3.8) is 0 Å². The van der Waals surface area contributed by atoms with Crippen molar-refractivity contribution in [3.8, 4) is 5.88 Å². The second-order valence-electron chi connectivity index (χ2n) is 6.56. The number of hydrogen-bond donors (Lipinski definition) is 1. The Morgan fingerprint density at radius 1 is 0.964 bits per heavy atom. The van der Waals surface area contributed by atoms with Crippen molar-refractivity contribution in [1.29, 1.82) is 0 Å². The summed E-state index contributed by atoms with van der Waals surface area (Å²) in [4.78, 5) is 13.6. The Morgan fingerprint density at radius 2 is 1.71 bits per heavy atom. The lowest BCUT2D eigenvalue weighted by atomic mass is 10.2. The molecule has 6 nitrogen and oxygen atoms in total. The van der Waals surface area contributed by atoms with Gasteiger partial charge in [-0.1, -0.05) is 61.9 Å². The molecule has 4 aromatic rings. The van der Waals surface area contributed by atoms with Crippen LogP contribution in [0.3, 0.4) is 0 Å². The van der Waals surface area contributed by atoms with Gasteiger partial charge in [-0.2, -0.15) is 4.98 Å². The van der Waals surface area contributed by atoms with Crippen LogP contribution < -0.4 is 10.1 Å². The van der Waals surface area contributed by atoms with E-state index in [-0.39, 0.29) is 0 Å². The second-order valence-corrected chi connectivity index (χ2v) is 6.56. The summed E-state index contributed by atoms with van der Waals surface area (Å²) in [6, 6.07) is 20.1. The lowest BCUT2D eigenvalue weighted by Crippen LogP contribution is -2.05. The Morgan fingerprint density at radius 3 is 2.46 bits per heavy atom. The monoisotopic (exact) mass is 373 g/mol. The summed E-state index contributed by atoms with van der Waals surface area (Å²) in [5.41, 5.74) is 3.52. The zero-order valence-electron chi connectivity index (χ0n) is 15.9. The minimum atomic E-state index is 0.441. The van der Waals surface area contributed by atoms with E-state index in [1.165, 1.54) is 0 Å². The molecule has 0 radical (unpaired) electrons. The molecule has 4 rings (SSSR count). The number of hydrogen-bond acceptors (Lipinski definition) is 5. The number of aryl methyl sites for hydroxylation is 1. The highest BCUT2D eigenvalue weighted by Crippen LogP contribution is 2.27. The number of rotatable bonds is 8. The number of para-hydroxylation sites is 1. The third kappa shape index (κ3) is 3.96. The van der Waals surface area contributed by atoms with Gasteiger partial charge in [-0.25, -0.2) is 9.97 Å². The molecular formula is C22H23N5O. The van der Waals surface area contributed by atoms with E-state index in [9.17, 15) is 0 Å². The van der Waals surface area contributed by atoms with Crippen molar-refractivity contribution < 1.29 is 4.74 Å². The van der Waals surface area contributed by atoms with Gasteiger partial charge in [0.15, 0.2) is 11.2 Å². The van der Waals surface area contributed by atoms with E-state index in [2.05, 4.69) is 26.8 Å². The standard InChI is InChI=1S/C22H23N5O/c1-2-3-14-27-20-19(26-22(27)25-18-12-8-5-9-13-18)21(24-16-23-20)28-15-17-10-6-4-7-11-17/h4-13,16H,2-3,14-15H2,1H3,(H,25,26). The first-order valence-electron chi connectivity index (χ1n) is 9.55. The largest absolute Gasteiger partial charge is 0.471 e. The van der Waals surface area contributed by atoms with Crippen molar-refractivity contribution in [2.45, 2.75) is 32.9 Å². The third-order valence-corrected chi connectivity index (χ3v) is 4.48. The molecule has 1 N–H and O–H groups in total. The van der Waals surface area contributed by atoms with Crippen LogP contribution >= 0.6 is 0 Å². The molecule has 0 fully saturated rings. The van der Waals surface area contributed by atoms with Gasteiger partial charge in [0.25, 0.3) is 0 Å². The second kappa shape index (κ2) is 8.52. The van der Waals surface area contributed by atoms with E-state index < -0.39 is 0 Å². The smallest absolute Gasteiger partial charge is 0.245 e. The fourth-order valence-electron chi connectivity index (χ4n) is 3.02. The van der Waals surface area contributed by atoms with Crippen LogP contribution in [0.4, 0.5) is 11.6 Å². The molecular weight excluding hydrogens is 350 g/mol. The first-order chi connectivity index (χ1) is 13.8. The number of unbranched alkanes of at least 4 members (excludes halogenated alkanes) is 1. The van der Waals surface area contributed by atoms with Crippen LogP contribution in [-0.2, 0) is 13.2 Å². The zero-order chi connectivity index (χ0) is 19.2.